The number of thioether (sulfide) groups is 1. The van der Waals surface area contributed by atoms with Gasteiger partial charge in [0.15, 0.2) is 0 Å². The van der Waals surface area contributed by atoms with Gasteiger partial charge in [-0.15, -0.1) is 11.8 Å². The molecule has 0 spiro atoms. The van der Waals surface area contributed by atoms with Crippen LogP contribution < -0.4 is 0 Å². The van der Waals surface area contributed by atoms with Gasteiger partial charge in [-0.05, 0) is 18.6 Å². The van der Waals surface area contributed by atoms with Gasteiger partial charge < -0.3 is 14.5 Å². The Kier molecular flexibility index (Phi) is 6.70. The van der Waals surface area contributed by atoms with Crippen molar-refractivity contribution in [1.29, 1.82) is 0 Å². The van der Waals surface area contributed by atoms with Crippen LogP contribution >= 0.6 is 11.8 Å². The zero-order valence-corrected chi connectivity index (χ0v) is 14.0. The maximum absolute atomic E-state index is 13.5. The molecule has 1 fully saturated rings. The van der Waals surface area contributed by atoms with Gasteiger partial charge >= 0.3 is 6.09 Å². The lowest BCUT2D eigenvalue weighted by Gasteiger charge is -2.34. The Labute approximate surface area is 139 Å². The van der Waals surface area contributed by atoms with E-state index in [1.54, 1.807) is 34.9 Å². The first-order chi connectivity index (χ1) is 11.1. The normalized spacial score (nSPS) is 14.7. The third kappa shape index (κ3) is 5.13. The number of ether oxygens (including phenoxy) is 1. The SMILES string of the molecule is CCOC(=O)N1CCN(C(=O)CSCc2ccccc2F)CC1. The number of rotatable bonds is 5. The second kappa shape index (κ2) is 8.76. The van der Waals surface area contributed by atoms with E-state index in [1.807, 2.05) is 0 Å². The van der Waals surface area contributed by atoms with Crippen molar-refractivity contribution in [2.45, 2.75) is 12.7 Å². The van der Waals surface area contributed by atoms with Crippen molar-refractivity contribution >= 4 is 23.8 Å². The molecule has 2 rings (SSSR count). The van der Waals surface area contributed by atoms with E-state index < -0.39 is 0 Å². The summed E-state index contributed by atoms with van der Waals surface area (Å²) in [6.45, 7) is 4.12. The standard InChI is InChI=1S/C16H21FN2O3S/c1-2-22-16(21)19-9-7-18(8-10-19)15(20)12-23-11-13-5-3-4-6-14(13)17/h3-6H,2,7-12H2,1H3. The van der Waals surface area contributed by atoms with Gasteiger partial charge in [0.1, 0.15) is 5.82 Å². The van der Waals surface area contributed by atoms with E-state index in [4.69, 9.17) is 4.74 Å². The molecule has 1 aliphatic heterocycles. The van der Waals surface area contributed by atoms with Crippen molar-refractivity contribution in [1.82, 2.24) is 9.80 Å². The highest BCUT2D eigenvalue weighted by Crippen LogP contribution is 2.16. The van der Waals surface area contributed by atoms with Gasteiger partial charge in [-0.25, -0.2) is 9.18 Å². The third-order valence-electron chi connectivity index (χ3n) is 3.60. The van der Waals surface area contributed by atoms with E-state index in [9.17, 15) is 14.0 Å². The summed E-state index contributed by atoms with van der Waals surface area (Å²) in [5.74, 6) is 0.569. The molecule has 0 N–H and O–H groups in total. The maximum Gasteiger partial charge on any atom is 0.409 e. The van der Waals surface area contributed by atoms with Crippen LogP contribution in [0.25, 0.3) is 0 Å². The van der Waals surface area contributed by atoms with E-state index in [-0.39, 0.29) is 17.8 Å². The maximum atomic E-state index is 13.5. The van der Waals surface area contributed by atoms with Crippen molar-refractivity contribution in [3.8, 4) is 0 Å². The van der Waals surface area contributed by atoms with Crippen LogP contribution in [-0.4, -0.2) is 60.3 Å². The molecule has 0 radical (unpaired) electrons. The van der Waals surface area contributed by atoms with Gasteiger partial charge in [-0.2, -0.15) is 0 Å². The van der Waals surface area contributed by atoms with Crippen LogP contribution in [0.2, 0.25) is 0 Å². The topological polar surface area (TPSA) is 49.9 Å². The second-order valence-corrected chi connectivity index (χ2v) is 6.14. The van der Waals surface area contributed by atoms with Crippen LogP contribution in [0.1, 0.15) is 12.5 Å². The van der Waals surface area contributed by atoms with Gasteiger partial charge in [0, 0.05) is 31.9 Å². The Morgan fingerprint density at radius 2 is 1.83 bits per heavy atom. The number of carbonyl (C=O) groups excluding carboxylic acids is 2. The summed E-state index contributed by atoms with van der Waals surface area (Å²) < 4.78 is 18.4. The highest BCUT2D eigenvalue weighted by Gasteiger charge is 2.24. The molecule has 1 aromatic rings. The molecule has 2 amide bonds. The molecule has 1 heterocycles. The number of hydrogen-bond donors (Lipinski definition) is 0. The Hall–Kier alpha value is -1.76. The summed E-state index contributed by atoms with van der Waals surface area (Å²) >= 11 is 1.40. The minimum absolute atomic E-state index is 0.0230. The van der Waals surface area contributed by atoms with Gasteiger partial charge in [0.25, 0.3) is 0 Å². The van der Waals surface area contributed by atoms with Crippen LogP contribution in [0.5, 0.6) is 0 Å². The van der Waals surface area contributed by atoms with Crippen molar-refractivity contribution in [2.75, 3.05) is 38.5 Å². The zero-order valence-electron chi connectivity index (χ0n) is 13.2. The van der Waals surface area contributed by atoms with E-state index in [2.05, 4.69) is 0 Å². The summed E-state index contributed by atoms with van der Waals surface area (Å²) in [5.41, 5.74) is 0.609. The number of amides is 2. The largest absolute Gasteiger partial charge is 0.450 e. The van der Waals surface area contributed by atoms with Gasteiger partial charge in [-0.3, -0.25) is 4.79 Å². The van der Waals surface area contributed by atoms with Crippen molar-refractivity contribution in [2.24, 2.45) is 0 Å². The summed E-state index contributed by atoms with van der Waals surface area (Å²) in [4.78, 5) is 27.1. The summed E-state index contributed by atoms with van der Waals surface area (Å²) in [6.07, 6.45) is -0.325. The van der Waals surface area contributed by atoms with Gasteiger partial charge in [-0.1, -0.05) is 18.2 Å². The first-order valence-corrected chi connectivity index (χ1v) is 8.78. The number of carbonyl (C=O) groups is 2. The van der Waals surface area contributed by atoms with E-state index in [0.29, 0.717) is 49.9 Å². The smallest absolute Gasteiger partial charge is 0.409 e. The Morgan fingerprint density at radius 1 is 1.17 bits per heavy atom. The minimum Gasteiger partial charge on any atom is -0.450 e. The number of nitrogens with zero attached hydrogens (tertiary/aromatic N) is 2. The van der Waals surface area contributed by atoms with Crippen LogP contribution in [0.3, 0.4) is 0 Å². The lowest BCUT2D eigenvalue weighted by molar-refractivity contribution is -0.129. The molecule has 5 nitrogen and oxygen atoms in total. The first-order valence-electron chi connectivity index (χ1n) is 7.62. The van der Waals surface area contributed by atoms with Gasteiger partial charge in [0.05, 0.1) is 12.4 Å². The molecular formula is C16H21FN2O3S. The van der Waals surface area contributed by atoms with Crippen LogP contribution in [0, 0.1) is 5.82 Å². The molecule has 23 heavy (non-hydrogen) atoms. The summed E-state index contributed by atoms with van der Waals surface area (Å²) in [5, 5.41) is 0. The fourth-order valence-electron chi connectivity index (χ4n) is 2.31. The summed E-state index contributed by atoms with van der Waals surface area (Å²) in [7, 11) is 0. The highest BCUT2D eigenvalue weighted by atomic mass is 32.2. The fraction of sp³-hybridized carbons (Fsp3) is 0.500. The quantitative estimate of drug-likeness (QED) is 0.826. The molecule has 1 aliphatic rings. The number of hydrogen-bond acceptors (Lipinski definition) is 4. The van der Waals surface area contributed by atoms with Crippen LogP contribution in [-0.2, 0) is 15.3 Å². The Morgan fingerprint density at radius 3 is 2.48 bits per heavy atom. The van der Waals surface area contributed by atoms with E-state index in [1.165, 1.54) is 17.8 Å². The Balaban J connectivity index is 1.71. The molecular weight excluding hydrogens is 319 g/mol. The molecule has 0 aliphatic carbocycles. The van der Waals surface area contributed by atoms with Gasteiger partial charge in [0.2, 0.25) is 5.91 Å². The average Bonchev–Trinajstić information content (AvgIpc) is 2.57. The van der Waals surface area contributed by atoms with Crippen molar-refractivity contribution < 1.29 is 18.7 Å². The number of benzene rings is 1. The lowest BCUT2D eigenvalue weighted by Crippen LogP contribution is -2.51. The predicted octanol–water partition coefficient (Wildman–Crippen LogP) is 2.36. The third-order valence-corrected chi connectivity index (χ3v) is 4.57. The molecule has 7 heteroatoms. The minimum atomic E-state index is -0.325. The summed E-state index contributed by atoms with van der Waals surface area (Å²) in [6, 6.07) is 6.59. The Bertz CT molecular complexity index is 548. The fourth-order valence-corrected chi connectivity index (χ4v) is 3.22. The average molecular weight is 340 g/mol. The molecule has 0 unspecified atom stereocenters. The van der Waals surface area contributed by atoms with Crippen molar-refractivity contribution in [3.63, 3.8) is 0 Å². The second-order valence-electron chi connectivity index (χ2n) is 5.15. The lowest BCUT2D eigenvalue weighted by atomic mass is 10.2. The van der Waals surface area contributed by atoms with Crippen molar-refractivity contribution in [3.05, 3.63) is 35.6 Å². The number of halogens is 1. The predicted molar refractivity (Wildman–Crippen MR) is 87.7 cm³/mol. The molecule has 0 aromatic heterocycles. The zero-order chi connectivity index (χ0) is 16.7. The van der Waals surface area contributed by atoms with E-state index in [0.717, 1.165) is 0 Å². The molecule has 126 valence electrons. The highest BCUT2D eigenvalue weighted by molar-refractivity contribution is 7.99. The first kappa shape index (κ1) is 17.6. The van der Waals surface area contributed by atoms with E-state index >= 15 is 0 Å². The molecule has 0 bridgehead atoms. The molecule has 1 aromatic carbocycles. The molecule has 0 atom stereocenters. The number of piperazine rings is 1. The van der Waals surface area contributed by atoms with Crippen LogP contribution in [0.4, 0.5) is 9.18 Å². The molecule has 1 saturated heterocycles. The monoisotopic (exact) mass is 340 g/mol. The van der Waals surface area contributed by atoms with Crippen LogP contribution in [0.15, 0.2) is 24.3 Å². The molecule has 0 saturated carbocycles.